The van der Waals surface area contributed by atoms with Crippen molar-refractivity contribution >= 4 is 22.4 Å². The minimum Gasteiger partial charge on any atom is -0.389 e. The fraction of sp³-hybridized carbons (Fsp3) is 0.611. The molecule has 0 aromatic heterocycles. The molecule has 1 aliphatic rings. The van der Waals surface area contributed by atoms with Crippen molar-refractivity contribution in [2.24, 2.45) is 0 Å². The van der Waals surface area contributed by atoms with Crippen LogP contribution in [0, 0.1) is 0 Å². The minimum absolute atomic E-state index is 0.144. The number of benzene rings is 1. The van der Waals surface area contributed by atoms with Gasteiger partial charge in [-0.15, -0.1) is 0 Å². The van der Waals surface area contributed by atoms with Crippen LogP contribution in [0.2, 0.25) is 0 Å². The van der Waals surface area contributed by atoms with Crippen LogP contribution in [0.25, 0.3) is 0 Å². The average Bonchev–Trinajstić information content (AvgIpc) is 2.84. The lowest BCUT2D eigenvalue weighted by atomic mass is 9.97. The Balaban J connectivity index is 1.97. The molecule has 1 saturated carbocycles. The Morgan fingerprint density at radius 2 is 1.96 bits per heavy atom. The second kappa shape index (κ2) is 7.14. The molecule has 1 unspecified atom stereocenters. The standard InChI is InChI=1S/C18H27NO3S/c1-17(2,3)23(22)13-14-7-6-8-15(11-14)19-16(20)12-18(21)9-4-5-10-18/h6-8,11,21H,4-5,9-10,12-13H2,1-3H3,(H,19,20). The molecule has 1 aromatic rings. The first kappa shape index (κ1) is 18.1. The molecular weight excluding hydrogens is 310 g/mol. The molecule has 4 nitrogen and oxygen atoms in total. The first-order chi connectivity index (χ1) is 10.7. The van der Waals surface area contributed by atoms with Gasteiger partial charge in [0.05, 0.1) is 12.0 Å². The molecule has 5 heteroatoms. The number of anilines is 1. The van der Waals surface area contributed by atoms with Gasteiger partial charge in [0, 0.05) is 27.0 Å². The van der Waals surface area contributed by atoms with Crippen LogP contribution in [0.5, 0.6) is 0 Å². The molecule has 0 heterocycles. The topological polar surface area (TPSA) is 66.4 Å². The van der Waals surface area contributed by atoms with Gasteiger partial charge in [-0.25, -0.2) is 0 Å². The van der Waals surface area contributed by atoms with E-state index >= 15 is 0 Å². The molecule has 23 heavy (non-hydrogen) atoms. The fourth-order valence-corrected chi connectivity index (χ4v) is 3.74. The number of hydrogen-bond donors (Lipinski definition) is 2. The molecule has 1 amide bonds. The highest BCUT2D eigenvalue weighted by molar-refractivity contribution is 7.85. The van der Waals surface area contributed by atoms with Gasteiger partial charge in [-0.3, -0.25) is 9.00 Å². The lowest BCUT2D eigenvalue weighted by Crippen LogP contribution is -2.30. The van der Waals surface area contributed by atoms with E-state index in [-0.39, 0.29) is 17.1 Å². The lowest BCUT2D eigenvalue weighted by molar-refractivity contribution is -0.120. The van der Waals surface area contributed by atoms with Crippen molar-refractivity contribution < 1.29 is 14.1 Å². The minimum atomic E-state index is -0.972. The van der Waals surface area contributed by atoms with E-state index in [1.807, 2.05) is 45.0 Å². The Kier molecular flexibility index (Phi) is 5.63. The number of aliphatic hydroxyl groups is 1. The first-order valence-electron chi connectivity index (χ1n) is 8.18. The summed E-state index contributed by atoms with van der Waals surface area (Å²) in [4.78, 5) is 12.1. The highest BCUT2D eigenvalue weighted by Gasteiger charge is 2.33. The van der Waals surface area contributed by atoms with E-state index in [1.54, 1.807) is 0 Å². The predicted molar refractivity (Wildman–Crippen MR) is 94.7 cm³/mol. The van der Waals surface area contributed by atoms with Crippen molar-refractivity contribution in [1.82, 2.24) is 0 Å². The van der Waals surface area contributed by atoms with E-state index in [4.69, 9.17) is 0 Å². The summed E-state index contributed by atoms with van der Waals surface area (Å²) in [5.41, 5.74) is 0.797. The summed E-state index contributed by atoms with van der Waals surface area (Å²) in [5, 5.41) is 13.2. The number of hydrogen-bond acceptors (Lipinski definition) is 3. The third kappa shape index (κ3) is 5.43. The average molecular weight is 337 g/mol. The summed E-state index contributed by atoms with van der Waals surface area (Å²) in [5.74, 6) is 0.306. The summed E-state index contributed by atoms with van der Waals surface area (Å²) in [6.07, 6.45) is 3.51. The largest absolute Gasteiger partial charge is 0.389 e. The highest BCUT2D eigenvalue weighted by atomic mass is 32.2. The van der Waals surface area contributed by atoms with Gasteiger partial charge >= 0.3 is 0 Å². The predicted octanol–water partition coefficient (Wildman–Crippen LogP) is 3.37. The fourth-order valence-electron chi connectivity index (χ4n) is 2.82. The van der Waals surface area contributed by atoms with Gasteiger partial charge in [0.25, 0.3) is 0 Å². The van der Waals surface area contributed by atoms with E-state index in [9.17, 15) is 14.1 Å². The van der Waals surface area contributed by atoms with Crippen molar-refractivity contribution in [3.8, 4) is 0 Å². The zero-order valence-electron chi connectivity index (χ0n) is 14.2. The molecule has 2 N–H and O–H groups in total. The van der Waals surface area contributed by atoms with Crippen molar-refractivity contribution in [2.75, 3.05) is 5.32 Å². The third-order valence-corrected chi connectivity index (χ3v) is 6.18. The number of amides is 1. The SMILES string of the molecule is CC(C)(C)S(=O)Cc1cccc(NC(=O)CC2(O)CCCC2)c1. The van der Waals surface area contributed by atoms with Gasteiger partial charge in [-0.05, 0) is 51.3 Å². The molecule has 2 rings (SSSR count). The van der Waals surface area contributed by atoms with E-state index in [2.05, 4.69) is 5.32 Å². The Morgan fingerprint density at radius 1 is 1.30 bits per heavy atom. The second-order valence-electron chi connectivity index (χ2n) is 7.46. The molecule has 1 aliphatic carbocycles. The Labute approximate surface area is 141 Å². The lowest BCUT2D eigenvalue weighted by Gasteiger charge is -2.21. The van der Waals surface area contributed by atoms with Gasteiger partial charge in [0.1, 0.15) is 0 Å². The quantitative estimate of drug-likeness (QED) is 0.866. The Morgan fingerprint density at radius 3 is 2.57 bits per heavy atom. The summed E-state index contributed by atoms with van der Waals surface area (Å²) in [6, 6.07) is 7.46. The van der Waals surface area contributed by atoms with E-state index < -0.39 is 16.4 Å². The maximum atomic E-state index is 12.2. The molecule has 0 bridgehead atoms. The van der Waals surface area contributed by atoms with Crippen LogP contribution in [0.3, 0.4) is 0 Å². The third-order valence-electron chi connectivity index (χ3n) is 4.22. The summed E-state index contributed by atoms with van der Waals surface area (Å²) < 4.78 is 12.0. The van der Waals surface area contributed by atoms with Gasteiger partial charge < -0.3 is 10.4 Å². The molecule has 0 saturated heterocycles. The number of carbonyl (C=O) groups excluding carboxylic acids is 1. The summed E-state index contributed by atoms with van der Waals surface area (Å²) >= 11 is 0. The van der Waals surface area contributed by atoms with Crippen molar-refractivity contribution in [3.05, 3.63) is 29.8 Å². The van der Waals surface area contributed by atoms with E-state index in [0.29, 0.717) is 24.3 Å². The first-order valence-corrected chi connectivity index (χ1v) is 9.50. The molecular formula is C18H27NO3S. The van der Waals surface area contributed by atoms with Crippen LogP contribution in [0.1, 0.15) is 58.4 Å². The van der Waals surface area contributed by atoms with Gasteiger partial charge in [-0.2, -0.15) is 0 Å². The maximum absolute atomic E-state index is 12.2. The molecule has 128 valence electrons. The number of carbonyl (C=O) groups is 1. The van der Waals surface area contributed by atoms with Crippen molar-refractivity contribution in [2.45, 2.75) is 69.0 Å². The van der Waals surface area contributed by atoms with Crippen molar-refractivity contribution in [1.29, 1.82) is 0 Å². The normalized spacial score (nSPS) is 18.6. The van der Waals surface area contributed by atoms with Gasteiger partial charge in [0.2, 0.25) is 5.91 Å². The van der Waals surface area contributed by atoms with Crippen LogP contribution >= 0.6 is 0 Å². The summed E-state index contributed by atoms with van der Waals surface area (Å²) in [7, 11) is -0.972. The number of nitrogens with one attached hydrogen (secondary N) is 1. The maximum Gasteiger partial charge on any atom is 0.227 e. The zero-order chi connectivity index (χ0) is 17.1. The molecule has 1 aromatic carbocycles. The van der Waals surface area contributed by atoms with Crippen LogP contribution < -0.4 is 5.32 Å². The molecule has 1 atom stereocenters. The van der Waals surface area contributed by atoms with Gasteiger partial charge in [0.15, 0.2) is 0 Å². The Hall–Kier alpha value is -1.20. The van der Waals surface area contributed by atoms with Crippen LogP contribution in [0.15, 0.2) is 24.3 Å². The Bertz CT molecular complexity index is 586. The van der Waals surface area contributed by atoms with Crippen molar-refractivity contribution in [3.63, 3.8) is 0 Å². The smallest absolute Gasteiger partial charge is 0.227 e. The van der Waals surface area contributed by atoms with E-state index in [0.717, 1.165) is 18.4 Å². The molecule has 0 spiro atoms. The highest BCUT2D eigenvalue weighted by Crippen LogP contribution is 2.32. The van der Waals surface area contributed by atoms with E-state index in [1.165, 1.54) is 0 Å². The monoisotopic (exact) mass is 337 g/mol. The molecule has 0 aliphatic heterocycles. The summed E-state index contributed by atoms with van der Waals surface area (Å²) in [6.45, 7) is 5.87. The molecule has 1 fully saturated rings. The van der Waals surface area contributed by atoms with Crippen LogP contribution in [-0.2, 0) is 21.3 Å². The van der Waals surface area contributed by atoms with Crippen LogP contribution in [-0.4, -0.2) is 25.6 Å². The number of rotatable bonds is 5. The zero-order valence-corrected chi connectivity index (χ0v) is 15.0. The van der Waals surface area contributed by atoms with Crippen LogP contribution in [0.4, 0.5) is 5.69 Å². The molecule has 0 radical (unpaired) electrons. The second-order valence-corrected chi connectivity index (χ2v) is 9.66. The van der Waals surface area contributed by atoms with Gasteiger partial charge in [-0.1, -0.05) is 25.0 Å².